The molecule has 0 aromatic heterocycles. The molecule has 1 unspecified atom stereocenters. The monoisotopic (exact) mass is 335 g/mol. The van der Waals surface area contributed by atoms with E-state index in [2.05, 4.69) is 22.8 Å². The number of hydrogen-bond acceptors (Lipinski definition) is 3. The van der Waals surface area contributed by atoms with Crippen LogP contribution in [-0.4, -0.2) is 53.7 Å². The highest BCUT2D eigenvalue weighted by Gasteiger charge is 2.36. The zero-order chi connectivity index (χ0) is 17.1. The lowest BCUT2D eigenvalue weighted by atomic mass is 9.85. The highest BCUT2D eigenvalue weighted by Crippen LogP contribution is 2.44. The van der Waals surface area contributed by atoms with Gasteiger partial charge in [0.25, 0.3) is 0 Å². The summed E-state index contributed by atoms with van der Waals surface area (Å²) >= 11 is 0. The molecule has 3 rings (SSSR count). The molecule has 2 bridgehead atoms. The van der Waals surface area contributed by atoms with E-state index in [1.165, 1.54) is 12.8 Å². The van der Waals surface area contributed by atoms with Crippen LogP contribution in [0.25, 0.3) is 0 Å². The number of carbonyl (C=O) groups excluding carboxylic acids is 1. The average Bonchev–Trinajstić information content (AvgIpc) is 3.11. The topological polar surface area (TPSA) is 81.7 Å². The van der Waals surface area contributed by atoms with Crippen LogP contribution in [-0.2, 0) is 4.79 Å². The summed E-state index contributed by atoms with van der Waals surface area (Å²) in [4.78, 5) is 24.7. The molecule has 2 saturated carbocycles. The molecule has 3 aliphatic rings. The lowest BCUT2D eigenvalue weighted by Crippen LogP contribution is -2.56. The summed E-state index contributed by atoms with van der Waals surface area (Å²) in [6.45, 7) is 3.52. The van der Waals surface area contributed by atoms with Gasteiger partial charge in [-0.2, -0.15) is 0 Å². The van der Waals surface area contributed by atoms with Crippen molar-refractivity contribution in [3.05, 3.63) is 12.2 Å². The molecule has 3 aliphatic carbocycles. The van der Waals surface area contributed by atoms with Crippen molar-refractivity contribution in [2.45, 2.75) is 51.1 Å². The SMILES string of the molecule is CCN(CC(=O)O)C1CC(NC(=O)NCCC2C[C@@H]3C=C[C@H]2C3)C1. The molecule has 6 heteroatoms. The van der Waals surface area contributed by atoms with Gasteiger partial charge in [0.15, 0.2) is 0 Å². The number of nitrogens with zero attached hydrogens (tertiary/aromatic N) is 1. The molecule has 6 nitrogen and oxygen atoms in total. The van der Waals surface area contributed by atoms with Crippen LogP contribution in [0.3, 0.4) is 0 Å². The van der Waals surface area contributed by atoms with E-state index < -0.39 is 5.97 Å². The van der Waals surface area contributed by atoms with E-state index in [1.807, 2.05) is 11.8 Å². The Kier molecular flexibility index (Phi) is 5.43. The predicted molar refractivity (Wildman–Crippen MR) is 91.7 cm³/mol. The van der Waals surface area contributed by atoms with Gasteiger partial charge in [-0.1, -0.05) is 19.1 Å². The van der Waals surface area contributed by atoms with Crippen LogP contribution in [0, 0.1) is 17.8 Å². The van der Waals surface area contributed by atoms with Crippen molar-refractivity contribution in [1.82, 2.24) is 15.5 Å². The van der Waals surface area contributed by atoms with Gasteiger partial charge in [0.2, 0.25) is 0 Å². The summed E-state index contributed by atoms with van der Waals surface area (Å²) in [5.74, 6) is 1.47. The third-order valence-electron chi connectivity index (χ3n) is 5.93. The standard InChI is InChI=1S/C18H29N3O3/c1-2-21(11-17(22)23)16-9-15(10-16)20-18(24)19-6-5-14-8-12-3-4-13(14)7-12/h3-4,12-16H,2,5-11H2,1H3,(H,22,23)(H2,19,20,24)/t12-,13+,14?,15?,16?/m1/s1. The first-order valence-corrected chi connectivity index (χ1v) is 9.23. The number of aliphatic carboxylic acids is 1. The molecule has 0 heterocycles. The van der Waals surface area contributed by atoms with Crippen LogP contribution in [0.4, 0.5) is 4.79 Å². The Morgan fingerprint density at radius 2 is 2.00 bits per heavy atom. The van der Waals surface area contributed by atoms with Gasteiger partial charge in [0.1, 0.15) is 0 Å². The number of likely N-dealkylation sites (N-methyl/N-ethyl adjacent to an activating group) is 1. The van der Waals surface area contributed by atoms with Gasteiger partial charge in [-0.25, -0.2) is 4.79 Å². The molecule has 0 aliphatic heterocycles. The number of rotatable bonds is 8. The lowest BCUT2D eigenvalue weighted by molar-refractivity contribution is -0.139. The van der Waals surface area contributed by atoms with Gasteiger partial charge in [0.05, 0.1) is 6.54 Å². The van der Waals surface area contributed by atoms with Crippen LogP contribution in [0.15, 0.2) is 12.2 Å². The zero-order valence-corrected chi connectivity index (χ0v) is 14.4. The van der Waals surface area contributed by atoms with E-state index in [1.54, 1.807) is 0 Å². The maximum atomic E-state index is 12.0. The Bertz CT molecular complexity index is 502. The van der Waals surface area contributed by atoms with E-state index in [9.17, 15) is 9.59 Å². The molecule has 0 aromatic rings. The second kappa shape index (κ2) is 7.55. The highest BCUT2D eigenvalue weighted by atomic mass is 16.4. The summed E-state index contributed by atoms with van der Waals surface area (Å²) in [6.07, 6.45) is 10.0. The van der Waals surface area contributed by atoms with Gasteiger partial charge < -0.3 is 15.7 Å². The van der Waals surface area contributed by atoms with Crippen LogP contribution in [0.2, 0.25) is 0 Å². The Morgan fingerprint density at radius 1 is 1.21 bits per heavy atom. The Labute approximate surface area is 143 Å². The van der Waals surface area contributed by atoms with Crippen molar-refractivity contribution in [3.63, 3.8) is 0 Å². The second-order valence-corrected chi connectivity index (χ2v) is 7.51. The first-order valence-electron chi connectivity index (χ1n) is 9.23. The molecule has 2 amide bonds. The van der Waals surface area contributed by atoms with Gasteiger partial charge in [-0.3, -0.25) is 9.69 Å². The minimum absolute atomic E-state index is 0.0814. The number of nitrogens with one attached hydrogen (secondary N) is 2. The third kappa shape index (κ3) is 4.09. The van der Waals surface area contributed by atoms with Crippen molar-refractivity contribution < 1.29 is 14.7 Å². The minimum atomic E-state index is -0.790. The van der Waals surface area contributed by atoms with E-state index >= 15 is 0 Å². The molecular weight excluding hydrogens is 306 g/mol. The predicted octanol–water partition coefficient (Wildman–Crippen LogP) is 1.83. The number of allylic oxidation sites excluding steroid dienone is 2. The molecule has 24 heavy (non-hydrogen) atoms. The van der Waals surface area contributed by atoms with Gasteiger partial charge in [-0.15, -0.1) is 0 Å². The molecule has 0 aromatic carbocycles. The summed E-state index contributed by atoms with van der Waals surface area (Å²) in [5, 5.41) is 14.9. The Morgan fingerprint density at radius 3 is 2.58 bits per heavy atom. The molecule has 134 valence electrons. The largest absolute Gasteiger partial charge is 0.480 e. The molecule has 0 saturated heterocycles. The fourth-order valence-electron chi connectivity index (χ4n) is 4.51. The van der Waals surface area contributed by atoms with E-state index in [0.29, 0.717) is 0 Å². The Hall–Kier alpha value is -1.56. The van der Waals surface area contributed by atoms with Crippen molar-refractivity contribution in [2.24, 2.45) is 17.8 Å². The average molecular weight is 335 g/mol. The van der Waals surface area contributed by atoms with Crippen molar-refractivity contribution >= 4 is 12.0 Å². The van der Waals surface area contributed by atoms with Gasteiger partial charge in [0, 0.05) is 18.6 Å². The smallest absolute Gasteiger partial charge is 0.317 e. The molecule has 2 fully saturated rings. The van der Waals surface area contributed by atoms with Crippen LogP contribution in [0.5, 0.6) is 0 Å². The van der Waals surface area contributed by atoms with Crippen molar-refractivity contribution in [3.8, 4) is 0 Å². The summed E-state index contributed by atoms with van der Waals surface area (Å²) in [7, 11) is 0. The fraction of sp³-hybridized carbons (Fsp3) is 0.778. The number of hydrogen-bond donors (Lipinski definition) is 3. The van der Waals surface area contributed by atoms with Crippen LogP contribution < -0.4 is 10.6 Å². The maximum absolute atomic E-state index is 12.0. The quantitative estimate of drug-likeness (QED) is 0.591. The normalized spacial score (nSPS) is 33.5. The molecule has 3 atom stereocenters. The fourth-order valence-corrected chi connectivity index (χ4v) is 4.51. The first kappa shape index (κ1) is 17.3. The molecule has 3 N–H and O–H groups in total. The van der Waals surface area contributed by atoms with E-state index in [-0.39, 0.29) is 24.7 Å². The summed E-state index contributed by atoms with van der Waals surface area (Å²) in [6, 6.07) is 0.360. The van der Waals surface area contributed by atoms with Crippen molar-refractivity contribution in [1.29, 1.82) is 0 Å². The van der Waals surface area contributed by atoms with E-state index in [0.717, 1.165) is 50.1 Å². The Balaban J connectivity index is 1.28. The molecule has 0 radical (unpaired) electrons. The first-order chi connectivity index (χ1) is 11.5. The van der Waals surface area contributed by atoms with Gasteiger partial charge in [-0.05, 0) is 56.4 Å². The van der Waals surface area contributed by atoms with Crippen LogP contribution >= 0.6 is 0 Å². The van der Waals surface area contributed by atoms with Crippen molar-refractivity contribution in [2.75, 3.05) is 19.6 Å². The number of urea groups is 1. The number of carbonyl (C=O) groups is 2. The van der Waals surface area contributed by atoms with Crippen LogP contribution in [0.1, 0.15) is 39.0 Å². The lowest BCUT2D eigenvalue weighted by Gasteiger charge is -2.42. The van der Waals surface area contributed by atoms with Gasteiger partial charge >= 0.3 is 12.0 Å². The summed E-state index contributed by atoms with van der Waals surface area (Å²) < 4.78 is 0. The number of carboxylic acids is 1. The number of carboxylic acid groups (broad SMARTS) is 1. The highest BCUT2D eigenvalue weighted by molar-refractivity contribution is 5.74. The number of fused-ring (bicyclic) bond motifs is 2. The zero-order valence-electron chi connectivity index (χ0n) is 14.4. The minimum Gasteiger partial charge on any atom is -0.480 e. The third-order valence-corrected chi connectivity index (χ3v) is 5.93. The number of amides is 2. The molecule has 0 spiro atoms. The molecular formula is C18H29N3O3. The van der Waals surface area contributed by atoms with E-state index in [4.69, 9.17) is 5.11 Å². The maximum Gasteiger partial charge on any atom is 0.317 e. The summed E-state index contributed by atoms with van der Waals surface area (Å²) in [5.41, 5.74) is 0. The second-order valence-electron chi connectivity index (χ2n) is 7.51.